The summed E-state index contributed by atoms with van der Waals surface area (Å²) >= 11 is 0. The molecule has 0 aromatic carbocycles. The van der Waals surface area contributed by atoms with Gasteiger partial charge >= 0.3 is 5.97 Å². The van der Waals surface area contributed by atoms with E-state index in [0.29, 0.717) is 12.8 Å². The fourth-order valence-electron chi connectivity index (χ4n) is 2.81. The van der Waals surface area contributed by atoms with E-state index in [9.17, 15) is 14.7 Å². The number of carboxylic acids is 1. The first-order valence-corrected chi connectivity index (χ1v) is 8.99. The van der Waals surface area contributed by atoms with Crippen LogP contribution in [0.1, 0.15) is 58.3 Å². The molecule has 0 fully saturated rings. The molecule has 0 amide bonds. The van der Waals surface area contributed by atoms with Gasteiger partial charge in [-0.2, -0.15) is 0 Å². The summed E-state index contributed by atoms with van der Waals surface area (Å²) in [5.74, 6) is -0.758. The third kappa shape index (κ3) is 8.25. The molecule has 4 nitrogen and oxygen atoms in total. The average molecular weight is 334 g/mol. The number of aliphatic hydroxyl groups is 1. The fraction of sp³-hybridized carbons (Fsp3) is 0.600. The van der Waals surface area contributed by atoms with Crippen molar-refractivity contribution in [2.45, 2.75) is 64.4 Å². The molecule has 3 atom stereocenters. The molecule has 0 radical (unpaired) electrons. The maximum absolute atomic E-state index is 12.0. The topological polar surface area (TPSA) is 74.6 Å². The molecule has 0 aromatic heterocycles. The monoisotopic (exact) mass is 334 g/mol. The van der Waals surface area contributed by atoms with Crippen molar-refractivity contribution in [2.75, 3.05) is 0 Å². The van der Waals surface area contributed by atoms with Crippen molar-refractivity contribution in [1.82, 2.24) is 0 Å². The van der Waals surface area contributed by atoms with Gasteiger partial charge in [-0.25, -0.2) is 0 Å². The number of carbonyl (C=O) groups excluding carboxylic acids is 1. The zero-order valence-corrected chi connectivity index (χ0v) is 14.6. The van der Waals surface area contributed by atoms with Gasteiger partial charge in [-0.05, 0) is 38.2 Å². The Labute approximate surface area is 145 Å². The lowest BCUT2D eigenvalue weighted by atomic mass is 9.90. The summed E-state index contributed by atoms with van der Waals surface area (Å²) in [5.41, 5.74) is 0. The zero-order valence-electron chi connectivity index (χ0n) is 14.6. The van der Waals surface area contributed by atoms with Crippen LogP contribution in [0.4, 0.5) is 0 Å². The molecule has 0 heterocycles. The van der Waals surface area contributed by atoms with Gasteiger partial charge in [0.2, 0.25) is 0 Å². The normalized spacial score (nSPS) is 22.0. The predicted octanol–water partition coefficient (Wildman–Crippen LogP) is 4.06. The molecular weight excluding hydrogens is 304 g/mol. The first-order chi connectivity index (χ1) is 11.5. The third-order valence-electron chi connectivity index (χ3n) is 4.29. The molecular formula is C20H30O4. The van der Waals surface area contributed by atoms with Gasteiger partial charge in [-0.15, -0.1) is 0 Å². The van der Waals surface area contributed by atoms with E-state index in [-0.39, 0.29) is 24.0 Å². The van der Waals surface area contributed by atoms with Gasteiger partial charge in [-0.1, -0.05) is 50.1 Å². The summed E-state index contributed by atoms with van der Waals surface area (Å²) in [6.45, 7) is 2.18. The minimum absolute atomic E-state index is 0.0203. The number of carbonyl (C=O) groups is 2. The molecule has 24 heavy (non-hydrogen) atoms. The standard InChI is InChI=1S/C20H30O4/c1-2-3-4-5-6-7-10-18-16(13-15-19(18)22)12-14-17(21)9-8-11-20(23)24/h6-7,12-18,21H,2-5,8-11H2,1H3,(H,23,24)/b7-6-,14-12+/t16-,17+,18-/m1/s1. The number of aliphatic carboxylic acids is 1. The summed E-state index contributed by atoms with van der Waals surface area (Å²) in [4.78, 5) is 22.4. The molecule has 0 saturated carbocycles. The van der Waals surface area contributed by atoms with Gasteiger partial charge < -0.3 is 10.2 Å². The van der Waals surface area contributed by atoms with E-state index in [1.165, 1.54) is 19.3 Å². The lowest BCUT2D eigenvalue weighted by molar-refractivity contribution is -0.137. The molecule has 0 aromatic rings. The van der Waals surface area contributed by atoms with Crippen molar-refractivity contribution in [2.24, 2.45) is 11.8 Å². The van der Waals surface area contributed by atoms with Gasteiger partial charge in [-0.3, -0.25) is 9.59 Å². The van der Waals surface area contributed by atoms with E-state index < -0.39 is 12.1 Å². The lowest BCUT2D eigenvalue weighted by Crippen LogP contribution is -2.14. The predicted molar refractivity (Wildman–Crippen MR) is 95.7 cm³/mol. The summed E-state index contributed by atoms with van der Waals surface area (Å²) < 4.78 is 0. The largest absolute Gasteiger partial charge is 0.481 e. The number of aliphatic hydroxyl groups excluding tert-OH is 1. The quantitative estimate of drug-likeness (QED) is 0.417. The van der Waals surface area contributed by atoms with Crippen LogP contribution in [-0.2, 0) is 9.59 Å². The summed E-state index contributed by atoms with van der Waals surface area (Å²) in [6, 6.07) is 0. The Morgan fingerprint density at radius 2 is 2.08 bits per heavy atom. The van der Waals surface area contributed by atoms with Crippen LogP contribution in [0.25, 0.3) is 0 Å². The van der Waals surface area contributed by atoms with Crippen LogP contribution in [0, 0.1) is 11.8 Å². The molecule has 0 aliphatic heterocycles. The fourth-order valence-corrected chi connectivity index (χ4v) is 2.81. The van der Waals surface area contributed by atoms with Crippen LogP contribution in [0.15, 0.2) is 36.5 Å². The number of ketones is 1. The Balaban J connectivity index is 2.39. The minimum Gasteiger partial charge on any atom is -0.481 e. The summed E-state index contributed by atoms with van der Waals surface area (Å²) in [7, 11) is 0. The van der Waals surface area contributed by atoms with E-state index in [2.05, 4.69) is 19.1 Å². The molecule has 0 bridgehead atoms. The Kier molecular flexibility index (Phi) is 10.0. The molecule has 2 N–H and O–H groups in total. The van der Waals surface area contributed by atoms with Crippen molar-refractivity contribution in [3.8, 4) is 0 Å². The highest BCUT2D eigenvalue weighted by Crippen LogP contribution is 2.27. The third-order valence-corrected chi connectivity index (χ3v) is 4.29. The second-order valence-corrected chi connectivity index (χ2v) is 6.39. The molecule has 0 spiro atoms. The van der Waals surface area contributed by atoms with E-state index in [0.717, 1.165) is 12.8 Å². The summed E-state index contributed by atoms with van der Waals surface area (Å²) in [5, 5.41) is 18.5. The Morgan fingerprint density at radius 3 is 2.79 bits per heavy atom. The highest BCUT2D eigenvalue weighted by Gasteiger charge is 2.27. The van der Waals surface area contributed by atoms with Gasteiger partial charge in [0.1, 0.15) is 0 Å². The van der Waals surface area contributed by atoms with E-state index in [1.807, 2.05) is 12.2 Å². The Morgan fingerprint density at radius 1 is 1.29 bits per heavy atom. The number of carboxylic acid groups (broad SMARTS) is 1. The minimum atomic E-state index is -0.846. The van der Waals surface area contributed by atoms with Gasteiger partial charge in [0.05, 0.1) is 6.10 Å². The first-order valence-electron chi connectivity index (χ1n) is 8.99. The maximum Gasteiger partial charge on any atom is 0.303 e. The van der Waals surface area contributed by atoms with Crippen LogP contribution >= 0.6 is 0 Å². The first kappa shape index (κ1) is 20.4. The number of rotatable bonds is 12. The smallest absolute Gasteiger partial charge is 0.303 e. The number of unbranched alkanes of at least 4 members (excludes halogenated alkanes) is 3. The molecule has 1 aliphatic carbocycles. The highest BCUT2D eigenvalue weighted by molar-refractivity contribution is 5.95. The second-order valence-electron chi connectivity index (χ2n) is 6.39. The Bertz CT molecular complexity index is 476. The molecule has 1 aliphatic rings. The van der Waals surface area contributed by atoms with Gasteiger partial charge in [0.25, 0.3) is 0 Å². The molecule has 4 heteroatoms. The van der Waals surface area contributed by atoms with Crippen molar-refractivity contribution >= 4 is 11.8 Å². The van der Waals surface area contributed by atoms with Crippen LogP contribution in [0.3, 0.4) is 0 Å². The summed E-state index contributed by atoms with van der Waals surface area (Å²) in [6.07, 6.45) is 17.0. The molecule has 0 unspecified atom stereocenters. The number of allylic oxidation sites excluding steroid dienone is 5. The van der Waals surface area contributed by atoms with Crippen molar-refractivity contribution in [3.63, 3.8) is 0 Å². The van der Waals surface area contributed by atoms with Crippen molar-refractivity contribution < 1.29 is 19.8 Å². The zero-order chi connectivity index (χ0) is 17.8. The van der Waals surface area contributed by atoms with E-state index in [1.54, 1.807) is 12.2 Å². The average Bonchev–Trinajstić information content (AvgIpc) is 2.89. The lowest BCUT2D eigenvalue weighted by Gasteiger charge is -2.13. The van der Waals surface area contributed by atoms with E-state index >= 15 is 0 Å². The van der Waals surface area contributed by atoms with E-state index in [4.69, 9.17) is 5.11 Å². The Hall–Kier alpha value is -1.68. The van der Waals surface area contributed by atoms with Crippen molar-refractivity contribution in [3.05, 3.63) is 36.5 Å². The van der Waals surface area contributed by atoms with Crippen LogP contribution < -0.4 is 0 Å². The molecule has 0 saturated heterocycles. The van der Waals surface area contributed by atoms with Gasteiger partial charge in [0.15, 0.2) is 5.78 Å². The van der Waals surface area contributed by atoms with Crippen LogP contribution in [-0.4, -0.2) is 28.1 Å². The SMILES string of the molecule is CCCCC/C=C\C[C@H]1C(=O)C=C[C@H]1/C=C/[C@@H](O)CCCC(=O)O. The van der Waals surface area contributed by atoms with Crippen LogP contribution in [0.5, 0.6) is 0 Å². The van der Waals surface area contributed by atoms with Crippen molar-refractivity contribution in [1.29, 1.82) is 0 Å². The molecule has 134 valence electrons. The molecule has 1 rings (SSSR count). The van der Waals surface area contributed by atoms with Crippen LogP contribution in [0.2, 0.25) is 0 Å². The second kappa shape index (κ2) is 11.8. The number of hydrogen-bond donors (Lipinski definition) is 2. The maximum atomic E-state index is 12.0. The highest BCUT2D eigenvalue weighted by atomic mass is 16.4. The van der Waals surface area contributed by atoms with Gasteiger partial charge in [0, 0.05) is 18.3 Å². The number of hydrogen-bond acceptors (Lipinski definition) is 3.